The summed E-state index contributed by atoms with van der Waals surface area (Å²) in [6.45, 7) is 1.95. The molecule has 1 aliphatic heterocycles. The molecule has 9 heteroatoms. The summed E-state index contributed by atoms with van der Waals surface area (Å²) in [5.41, 5.74) is 0.263. The first-order valence-electron chi connectivity index (χ1n) is 7.95. The molecule has 1 saturated heterocycles. The molecule has 0 aliphatic carbocycles. The van der Waals surface area contributed by atoms with Gasteiger partial charge in [-0.3, -0.25) is 19.4 Å². The first-order valence-corrected chi connectivity index (χ1v) is 8.74. The molecule has 1 fully saturated rings. The maximum Gasteiger partial charge on any atom is 0.274 e. The largest absolute Gasteiger partial charge is 0.378 e. The van der Waals surface area contributed by atoms with E-state index in [4.69, 9.17) is 4.74 Å². The lowest BCUT2D eigenvalue weighted by atomic mass is 10.2. The molecule has 3 rings (SSSR count). The third-order valence-corrected chi connectivity index (χ3v) is 4.38. The molecule has 2 aromatic rings. The highest BCUT2D eigenvalue weighted by atomic mass is 79.9. The van der Waals surface area contributed by atoms with Crippen molar-refractivity contribution in [3.63, 3.8) is 0 Å². The monoisotopic (exact) mass is 420 g/mol. The SMILES string of the molecule is Cn1cc(C(=O)N2CCOCC2)cc(NC(=O)c2cncc(Br)c2)c1=O. The second-order valence-electron chi connectivity index (χ2n) is 5.81. The summed E-state index contributed by atoms with van der Waals surface area (Å²) in [4.78, 5) is 42.9. The van der Waals surface area contributed by atoms with E-state index in [2.05, 4.69) is 26.2 Å². The van der Waals surface area contributed by atoms with Gasteiger partial charge in [-0.05, 0) is 28.1 Å². The first kappa shape index (κ1) is 18.3. The molecule has 3 heterocycles. The fourth-order valence-electron chi connectivity index (χ4n) is 2.60. The normalized spacial score (nSPS) is 14.2. The summed E-state index contributed by atoms with van der Waals surface area (Å²) in [5, 5.41) is 2.56. The van der Waals surface area contributed by atoms with Gasteiger partial charge in [-0.1, -0.05) is 0 Å². The summed E-state index contributed by atoms with van der Waals surface area (Å²) >= 11 is 3.25. The third-order valence-electron chi connectivity index (χ3n) is 3.94. The molecular formula is C17H17BrN4O4. The molecule has 2 aromatic heterocycles. The van der Waals surface area contributed by atoms with Crippen LogP contribution in [0.3, 0.4) is 0 Å². The van der Waals surface area contributed by atoms with Crippen molar-refractivity contribution < 1.29 is 14.3 Å². The van der Waals surface area contributed by atoms with E-state index in [1.165, 1.54) is 30.1 Å². The minimum absolute atomic E-state index is 0.0385. The zero-order valence-electron chi connectivity index (χ0n) is 14.1. The maximum absolute atomic E-state index is 12.6. The minimum Gasteiger partial charge on any atom is -0.378 e. The Morgan fingerprint density at radius 3 is 2.62 bits per heavy atom. The van der Waals surface area contributed by atoms with Gasteiger partial charge in [-0.15, -0.1) is 0 Å². The van der Waals surface area contributed by atoms with Crippen molar-refractivity contribution in [2.45, 2.75) is 0 Å². The van der Waals surface area contributed by atoms with Crippen molar-refractivity contribution in [2.75, 3.05) is 31.6 Å². The van der Waals surface area contributed by atoms with Gasteiger partial charge in [-0.25, -0.2) is 0 Å². The molecule has 0 aromatic carbocycles. The van der Waals surface area contributed by atoms with Gasteiger partial charge in [0, 0.05) is 43.2 Å². The van der Waals surface area contributed by atoms with E-state index >= 15 is 0 Å². The fourth-order valence-corrected chi connectivity index (χ4v) is 2.96. The summed E-state index contributed by atoms with van der Waals surface area (Å²) in [6, 6.07) is 3.00. The van der Waals surface area contributed by atoms with Crippen molar-refractivity contribution >= 4 is 33.4 Å². The molecule has 1 N–H and O–H groups in total. The van der Waals surface area contributed by atoms with E-state index in [9.17, 15) is 14.4 Å². The Morgan fingerprint density at radius 2 is 1.92 bits per heavy atom. The predicted octanol–water partition coefficient (Wildman–Crippen LogP) is 1.27. The van der Waals surface area contributed by atoms with Crippen LogP contribution in [-0.2, 0) is 11.8 Å². The average molecular weight is 421 g/mol. The number of ether oxygens (including phenoxy) is 1. The molecule has 1 aliphatic rings. The Labute approximate surface area is 157 Å². The number of amides is 2. The number of morpholine rings is 1. The molecule has 26 heavy (non-hydrogen) atoms. The van der Waals surface area contributed by atoms with E-state index in [1.807, 2.05) is 0 Å². The van der Waals surface area contributed by atoms with Crippen molar-refractivity contribution in [1.82, 2.24) is 14.5 Å². The average Bonchev–Trinajstić information content (AvgIpc) is 2.65. The van der Waals surface area contributed by atoms with Crippen LogP contribution in [0.15, 0.2) is 40.0 Å². The fraction of sp³-hybridized carbons (Fsp3) is 0.294. The number of rotatable bonds is 3. The highest BCUT2D eigenvalue weighted by molar-refractivity contribution is 9.10. The maximum atomic E-state index is 12.6. The summed E-state index contributed by atoms with van der Waals surface area (Å²) in [5.74, 6) is -0.685. The number of nitrogens with one attached hydrogen (secondary N) is 1. The van der Waals surface area contributed by atoms with Gasteiger partial charge in [0.2, 0.25) is 0 Å². The molecule has 8 nitrogen and oxygen atoms in total. The van der Waals surface area contributed by atoms with E-state index in [-0.39, 0.29) is 11.6 Å². The second-order valence-corrected chi connectivity index (χ2v) is 6.72. The van der Waals surface area contributed by atoms with Crippen molar-refractivity contribution in [1.29, 1.82) is 0 Å². The zero-order valence-corrected chi connectivity index (χ0v) is 15.7. The number of nitrogens with zero attached hydrogens (tertiary/aromatic N) is 3. The molecular weight excluding hydrogens is 404 g/mol. The van der Waals surface area contributed by atoms with Gasteiger partial charge >= 0.3 is 0 Å². The van der Waals surface area contributed by atoms with Crippen molar-refractivity contribution in [2.24, 2.45) is 7.05 Å². The first-order chi connectivity index (χ1) is 12.5. The van der Waals surface area contributed by atoms with Gasteiger partial charge < -0.3 is 19.5 Å². The van der Waals surface area contributed by atoms with Crippen LogP contribution < -0.4 is 10.9 Å². The number of anilines is 1. The number of halogens is 1. The zero-order chi connectivity index (χ0) is 18.7. The Balaban J connectivity index is 1.87. The van der Waals surface area contributed by atoms with Crippen LogP contribution in [0.2, 0.25) is 0 Å². The van der Waals surface area contributed by atoms with Crippen molar-refractivity contribution in [3.05, 3.63) is 56.7 Å². The number of pyridine rings is 2. The van der Waals surface area contributed by atoms with E-state index in [1.54, 1.807) is 17.2 Å². The van der Waals surface area contributed by atoms with Gasteiger partial charge in [-0.2, -0.15) is 0 Å². The molecule has 136 valence electrons. The van der Waals surface area contributed by atoms with Crippen LogP contribution in [0.1, 0.15) is 20.7 Å². The van der Waals surface area contributed by atoms with Gasteiger partial charge in [0.1, 0.15) is 5.69 Å². The van der Waals surface area contributed by atoms with Crippen LogP contribution in [0, 0.1) is 0 Å². The Bertz CT molecular complexity index is 906. The predicted molar refractivity (Wildman–Crippen MR) is 98.3 cm³/mol. The van der Waals surface area contributed by atoms with E-state index in [0.717, 1.165) is 0 Å². The van der Waals surface area contributed by atoms with Gasteiger partial charge in [0.15, 0.2) is 0 Å². The van der Waals surface area contributed by atoms with E-state index in [0.29, 0.717) is 41.9 Å². The molecule has 0 spiro atoms. The lowest BCUT2D eigenvalue weighted by molar-refractivity contribution is 0.0302. The second kappa shape index (κ2) is 7.79. The minimum atomic E-state index is -0.480. The van der Waals surface area contributed by atoms with Crippen LogP contribution in [0.5, 0.6) is 0 Å². The number of aromatic nitrogens is 2. The smallest absolute Gasteiger partial charge is 0.274 e. The number of hydrogen-bond acceptors (Lipinski definition) is 5. The number of aryl methyl sites for hydroxylation is 1. The van der Waals surface area contributed by atoms with Gasteiger partial charge in [0.25, 0.3) is 17.4 Å². The molecule has 0 saturated carbocycles. The van der Waals surface area contributed by atoms with Crippen LogP contribution in [-0.4, -0.2) is 52.6 Å². The van der Waals surface area contributed by atoms with Crippen molar-refractivity contribution in [3.8, 4) is 0 Å². The van der Waals surface area contributed by atoms with Gasteiger partial charge in [0.05, 0.1) is 24.3 Å². The van der Waals surface area contributed by atoms with E-state index < -0.39 is 11.5 Å². The number of carbonyl (C=O) groups is 2. The third kappa shape index (κ3) is 4.00. The lowest BCUT2D eigenvalue weighted by Crippen LogP contribution is -2.41. The molecule has 0 atom stereocenters. The van der Waals surface area contributed by atoms with Crippen LogP contribution >= 0.6 is 15.9 Å². The molecule has 0 radical (unpaired) electrons. The Morgan fingerprint density at radius 1 is 1.19 bits per heavy atom. The lowest BCUT2D eigenvalue weighted by Gasteiger charge is -2.27. The summed E-state index contributed by atoms with van der Waals surface area (Å²) in [6.07, 6.45) is 4.42. The standard InChI is InChI=1S/C17H17BrN4O4/c1-21-10-12(16(24)22-2-4-26-5-3-22)7-14(17(21)25)20-15(23)11-6-13(18)9-19-8-11/h6-10H,2-5H2,1H3,(H,20,23). The summed E-state index contributed by atoms with van der Waals surface area (Å²) < 4.78 is 7.18. The number of carbonyl (C=O) groups excluding carboxylic acids is 2. The van der Waals surface area contributed by atoms with Crippen LogP contribution in [0.4, 0.5) is 5.69 Å². The Kier molecular flexibility index (Phi) is 5.48. The molecule has 0 bridgehead atoms. The highest BCUT2D eigenvalue weighted by Gasteiger charge is 2.21. The molecule has 2 amide bonds. The Hall–Kier alpha value is -2.52. The topological polar surface area (TPSA) is 93.5 Å². The summed E-state index contributed by atoms with van der Waals surface area (Å²) in [7, 11) is 1.54. The van der Waals surface area contributed by atoms with Crippen LogP contribution in [0.25, 0.3) is 0 Å². The molecule has 0 unspecified atom stereocenters. The quantitative estimate of drug-likeness (QED) is 0.806. The number of hydrogen-bond donors (Lipinski definition) is 1. The highest BCUT2D eigenvalue weighted by Crippen LogP contribution is 2.13.